The molecule has 2 fully saturated rings. The summed E-state index contributed by atoms with van der Waals surface area (Å²) >= 11 is 6.01. The van der Waals surface area contributed by atoms with E-state index in [1.807, 2.05) is 12.1 Å². The van der Waals surface area contributed by atoms with Crippen molar-refractivity contribution >= 4 is 17.5 Å². The van der Waals surface area contributed by atoms with Crippen molar-refractivity contribution in [2.75, 3.05) is 6.54 Å². The fourth-order valence-electron chi connectivity index (χ4n) is 4.56. The van der Waals surface area contributed by atoms with Crippen LogP contribution in [0.2, 0.25) is 5.02 Å². The number of amides is 1. The summed E-state index contributed by atoms with van der Waals surface area (Å²) in [5.41, 5.74) is 2.06. The Hall–Kier alpha value is -1.84. The van der Waals surface area contributed by atoms with Crippen LogP contribution in [0.4, 0.5) is 0 Å². The highest BCUT2D eigenvalue weighted by Gasteiger charge is 2.40. The fourth-order valence-corrected chi connectivity index (χ4v) is 4.75. The molecule has 4 rings (SSSR count). The first-order valence-electron chi connectivity index (χ1n) is 9.55. The Morgan fingerprint density at radius 3 is 2.46 bits per heavy atom. The zero-order chi connectivity index (χ0) is 17.9. The molecule has 2 atom stereocenters. The molecule has 3 nitrogen and oxygen atoms in total. The van der Waals surface area contributed by atoms with E-state index in [9.17, 15) is 4.79 Å². The van der Waals surface area contributed by atoms with Crippen LogP contribution in [0.1, 0.15) is 41.6 Å². The van der Waals surface area contributed by atoms with Gasteiger partial charge in [0.1, 0.15) is 0 Å². The van der Waals surface area contributed by atoms with Crippen LogP contribution < -0.4 is 5.32 Å². The summed E-state index contributed by atoms with van der Waals surface area (Å²) in [4.78, 5) is 15.2. The number of benzene rings is 2. The van der Waals surface area contributed by atoms with Crippen LogP contribution in [-0.4, -0.2) is 35.5 Å². The summed E-state index contributed by atoms with van der Waals surface area (Å²) in [5.74, 6) is -0.00497. The standard InChI is InChI=1S/C22H25ClN2O/c23-18-8-4-7-17(13-18)22(26)24-19-14-20-9-10-21(15-19)25(20)12-11-16-5-2-1-3-6-16/h1-8,13,19-21H,9-12,14-15H2,(H,24,26). The predicted molar refractivity (Wildman–Crippen MR) is 106 cm³/mol. The Bertz CT molecular complexity index is 750. The molecule has 4 heteroatoms. The number of nitrogens with zero attached hydrogens (tertiary/aromatic N) is 1. The highest BCUT2D eigenvalue weighted by atomic mass is 35.5. The van der Waals surface area contributed by atoms with Crippen molar-refractivity contribution in [2.45, 2.75) is 50.2 Å². The predicted octanol–water partition coefficient (Wildman–Crippen LogP) is 4.31. The minimum absolute atomic E-state index is 0.00497. The maximum absolute atomic E-state index is 12.5. The SMILES string of the molecule is O=C(NC1CC2CCC(C1)N2CCc1ccccc1)c1cccc(Cl)c1. The molecule has 136 valence electrons. The molecule has 2 heterocycles. The molecule has 2 saturated heterocycles. The number of hydrogen-bond acceptors (Lipinski definition) is 2. The Labute approximate surface area is 160 Å². The average molecular weight is 369 g/mol. The second kappa shape index (κ2) is 7.81. The molecular formula is C22H25ClN2O. The monoisotopic (exact) mass is 368 g/mol. The molecule has 0 aliphatic carbocycles. The van der Waals surface area contributed by atoms with Crippen LogP contribution in [0, 0.1) is 0 Å². The number of fused-ring (bicyclic) bond motifs is 2. The van der Waals surface area contributed by atoms with E-state index in [4.69, 9.17) is 11.6 Å². The Kier molecular flexibility index (Phi) is 5.28. The molecule has 0 aromatic heterocycles. The smallest absolute Gasteiger partial charge is 0.251 e. The largest absolute Gasteiger partial charge is 0.349 e. The summed E-state index contributed by atoms with van der Waals surface area (Å²) in [6.07, 6.45) is 5.72. The van der Waals surface area contributed by atoms with Gasteiger partial charge in [-0.25, -0.2) is 0 Å². The molecule has 1 amide bonds. The van der Waals surface area contributed by atoms with Gasteiger partial charge in [-0.15, -0.1) is 0 Å². The molecule has 2 aromatic carbocycles. The van der Waals surface area contributed by atoms with Crippen LogP contribution >= 0.6 is 11.6 Å². The lowest BCUT2D eigenvalue weighted by molar-refractivity contribution is 0.0848. The summed E-state index contributed by atoms with van der Waals surface area (Å²) in [5, 5.41) is 3.84. The lowest BCUT2D eigenvalue weighted by Crippen LogP contribution is -2.50. The van der Waals surface area contributed by atoms with Crippen molar-refractivity contribution in [1.29, 1.82) is 0 Å². The number of nitrogens with one attached hydrogen (secondary N) is 1. The van der Waals surface area contributed by atoms with Crippen LogP contribution in [-0.2, 0) is 6.42 Å². The van der Waals surface area contributed by atoms with Crippen molar-refractivity contribution in [2.24, 2.45) is 0 Å². The van der Waals surface area contributed by atoms with Gasteiger partial charge >= 0.3 is 0 Å². The van der Waals surface area contributed by atoms with E-state index in [1.54, 1.807) is 12.1 Å². The van der Waals surface area contributed by atoms with Crippen molar-refractivity contribution in [3.8, 4) is 0 Å². The number of rotatable bonds is 5. The summed E-state index contributed by atoms with van der Waals surface area (Å²) in [6, 6.07) is 19.4. The highest BCUT2D eigenvalue weighted by Crippen LogP contribution is 2.35. The van der Waals surface area contributed by atoms with Gasteiger partial charge in [0, 0.05) is 35.3 Å². The molecule has 2 aromatic rings. The van der Waals surface area contributed by atoms with Gasteiger partial charge in [0.15, 0.2) is 0 Å². The topological polar surface area (TPSA) is 32.3 Å². The van der Waals surface area contributed by atoms with Gasteiger partial charge < -0.3 is 5.32 Å². The lowest BCUT2D eigenvalue weighted by atomic mass is 9.96. The van der Waals surface area contributed by atoms with E-state index in [2.05, 4.69) is 40.5 Å². The molecule has 1 N–H and O–H groups in total. The first kappa shape index (κ1) is 17.6. The van der Waals surface area contributed by atoms with Gasteiger partial charge in [0.05, 0.1) is 0 Å². The van der Waals surface area contributed by atoms with Gasteiger partial charge in [0.25, 0.3) is 5.91 Å². The number of halogens is 1. The second-order valence-corrected chi connectivity index (χ2v) is 7.95. The van der Waals surface area contributed by atoms with Crippen molar-refractivity contribution < 1.29 is 4.79 Å². The minimum Gasteiger partial charge on any atom is -0.349 e. The Morgan fingerprint density at radius 1 is 1.04 bits per heavy atom. The maximum Gasteiger partial charge on any atom is 0.251 e. The van der Waals surface area contributed by atoms with E-state index in [0.717, 1.165) is 25.8 Å². The van der Waals surface area contributed by atoms with E-state index in [0.29, 0.717) is 22.7 Å². The molecule has 0 spiro atoms. The zero-order valence-corrected chi connectivity index (χ0v) is 15.7. The lowest BCUT2D eigenvalue weighted by Gasteiger charge is -2.39. The maximum atomic E-state index is 12.5. The van der Waals surface area contributed by atoms with Crippen molar-refractivity contribution in [3.63, 3.8) is 0 Å². The molecule has 0 saturated carbocycles. The minimum atomic E-state index is -0.00497. The normalized spacial score (nSPS) is 25.2. The van der Waals surface area contributed by atoms with Crippen LogP contribution in [0.3, 0.4) is 0 Å². The summed E-state index contributed by atoms with van der Waals surface area (Å²) < 4.78 is 0. The molecule has 2 aliphatic rings. The summed E-state index contributed by atoms with van der Waals surface area (Å²) in [7, 11) is 0. The quantitative estimate of drug-likeness (QED) is 0.852. The highest BCUT2D eigenvalue weighted by molar-refractivity contribution is 6.30. The van der Waals surface area contributed by atoms with Crippen LogP contribution in [0.5, 0.6) is 0 Å². The Morgan fingerprint density at radius 2 is 1.77 bits per heavy atom. The van der Waals surface area contributed by atoms with E-state index in [-0.39, 0.29) is 11.9 Å². The van der Waals surface area contributed by atoms with Gasteiger partial charge in [-0.05, 0) is 55.9 Å². The van der Waals surface area contributed by atoms with Crippen molar-refractivity contribution in [3.05, 3.63) is 70.7 Å². The summed E-state index contributed by atoms with van der Waals surface area (Å²) in [6.45, 7) is 1.12. The fraction of sp³-hybridized carbons (Fsp3) is 0.409. The first-order valence-corrected chi connectivity index (χ1v) is 9.93. The van der Waals surface area contributed by atoms with Crippen LogP contribution in [0.15, 0.2) is 54.6 Å². The number of carbonyl (C=O) groups is 1. The zero-order valence-electron chi connectivity index (χ0n) is 14.9. The average Bonchev–Trinajstić information content (AvgIpc) is 2.89. The van der Waals surface area contributed by atoms with Gasteiger partial charge in [-0.1, -0.05) is 48.0 Å². The van der Waals surface area contributed by atoms with E-state index < -0.39 is 0 Å². The molecule has 26 heavy (non-hydrogen) atoms. The van der Waals surface area contributed by atoms with E-state index in [1.165, 1.54) is 18.4 Å². The van der Waals surface area contributed by atoms with Gasteiger partial charge in [-0.2, -0.15) is 0 Å². The van der Waals surface area contributed by atoms with Crippen molar-refractivity contribution in [1.82, 2.24) is 10.2 Å². The first-order chi connectivity index (χ1) is 12.7. The molecule has 2 aliphatic heterocycles. The third-order valence-corrected chi connectivity index (χ3v) is 6.04. The van der Waals surface area contributed by atoms with Crippen LogP contribution in [0.25, 0.3) is 0 Å². The van der Waals surface area contributed by atoms with Gasteiger partial charge in [0.2, 0.25) is 0 Å². The molecule has 2 bridgehead atoms. The molecular weight excluding hydrogens is 344 g/mol. The number of carbonyl (C=O) groups excluding carboxylic acids is 1. The third-order valence-electron chi connectivity index (χ3n) is 5.81. The van der Waals surface area contributed by atoms with Gasteiger partial charge in [-0.3, -0.25) is 9.69 Å². The second-order valence-electron chi connectivity index (χ2n) is 7.51. The molecule has 2 unspecified atom stereocenters. The van der Waals surface area contributed by atoms with E-state index >= 15 is 0 Å². The Balaban J connectivity index is 1.33. The molecule has 0 radical (unpaired) electrons. The number of hydrogen-bond donors (Lipinski definition) is 1. The third kappa shape index (κ3) is 3.94. The number of piperidine rings is 1.